The van der Waals surface area contributed by atoms with Gasteiger partial charge in [-0.15, -0.1) is 0 Å². The first-order valence-corrected chi connectivity index (χ1v) is 9.46. The van der Waals surface area contributed by atoms with Gasteiger partial charge in [-0.1, -0.05) is 6.92 Å². The number of carbonyl (C=O) groups excluding carboxylic acids is 1. The van der Waals surface area contributed by atoms with Crippen LogP contribution in [-0.2, 0) is 24.0 Å². The van der Waals surface area contributed by atoms with Crippen molar-refractivity contribution in [3.63, 3.8) is 0 Å². The van der Waals surface area contributed by atoms with Gasteiger partial charge in [0.05, 0.1) is 5.92 Å². The van der Waals surface area contributed by atoms with Crippen molar-refractivity contribution in [3.05, 3.63) is 0 Å². The molecule has 1 unspecified atom stereocenters. The molecular weight excluding hydrogens is 353 g/mol. The third-order valence-electron chi connectivity index (χ3n) is 6.76. The summed E-state index contributed by atoms with van der Waals surface area (Å²) in [6.07, 6.45) is -2.88. The molecule has 0 aromatic rings. The van der Waals surface area contributed by atoms with Gasteiger partial charge < -0.3 is 9.47 Å². The maximum absolute atomic E-state index is 12.6. The number of hydrogen-bond donors (Lipinski definition) is 0. The van der Waals surface area contributed by atoms with Gasteiger partial charge in [-0.2, -0.15) is 13.2 Å². The van der Waals surface area contributed by atoms with Crippen LogP contribution in [0.5, 0.6) is 0 Å². The summed E-state index contributed by atoms with van der Waals surface area (Å²) in [5.41, 5.74) is -0.912. The van der Waals surface area contributed by atoms with Crippen LogP contribution < -0.4 is 0 Å². The van der Waals surface area contributed by atoms with Crippen LogP contribution in [0, 0.1) is 23.7 Å². The number of alkyl halides is 3. The van der Waals surface area contributed by atoms with E-state index in [1.165, 1.54) is 0 Å². The van der Waals surface area contributed by atoms with Crippen molar-refractivity contribution in [2.45, 2.75) is 82.6 Å². The van der Waals surface area contributed by atoms with E-state index in [9.17, 15) is 18.0 Å². The lowest BCUT2D eigenvalue weighted by Crippen LogP contribution is -2.70. The molecule has 4 saturated heterocycles. The molecule has 7 atom stereocenters. The number of rotatable bonds is 3. The normalized spacial score (nSPS) is 47.9. The van der Waals surface area contributed by atoms with Crippen LogP contribution in [0.25, 0.3) is 0 Å². The Kier molecular flexibility index (Phi) is 4.32. The molecule has 1 saturated carbocycles. The van der Waals surface area contributed by atoms with Crippen molar-refractivity contribution < 1.29 is 37.2 Å². The molecule has 1 spiro atoms. The highest BCUT2D eigenvalue weighted by molar-refractivity contribution is 5.74. The van der Waals surface area contributed by atoms with Gasteiger partial charge in [-0.25, -0.2) is 9.78 Å². The van der Waals surface area contributed by atoms with Crippen molar-refractivity contribution in [1.82, 2.24) is 0 Å². The van der Waals surface area contributed by atoms with Gasteiger partial charge in [-0.3, -0.25) is 4.79 Å². The summed E-state index contributed by atoms with van der Waals surface area (Å²) in [7, 11) is 0. The minimum Gasteiger partial charge on any atom is -0.432 e. The van der Waals surface area contributed by atoms with Crippen molar-refractivity contribution in [3.8, 4) is 0 Å². The minimum atomic E-state index is -4.22. The van der Waals surface area contributed by atoms with Gasteiger partial charge in [0.25, 0.3) is 0 Å². The molecule has 5 fully saturated rings. The van der Waals surface area contributed by atoms with E-state index < -0.39 is 42.2 Å². The molecule has 0 radical (unpaired) electrons. The fourth-order valence-electron chi connectivity index (χ4n) is 5.46. The molecule has 0 N–H and O–H groups in total. The Morgan fingerprint density at radius 3 is 2.65 bits per heavy atom. The van der Waals surface area contributed by atoms with Gasteiger partial charge in [0.15, 0.2) is 5.60 Å². The molecule has 4 heterocycles. The first-order valence-electron chi connectivity index (χ1n) is 9.46. The fourth-order valence-corrected chi connectivity index (χ4v) is 5.46. The Morgan fingerprint density at radius 1 is 1.15 bits per heavy atom. The summed E-state index contributed by atoms with van der Waals surface area (Å²) < 4.78 is 49.2. The minimum absolute atomic E-state index is 0.0915. The highest BCUT2D eigenvalue weighted by Gasteiger charge is 2.70. The smallest absolute Gasteiger partial charge is 0.389 e. The second kappa shape index (κ2) is 6.07. The first kappa shape index (κ1) is 18.5. The van der Waals surface area contributed by atoms with Crippen LogP contribution in [0.15, 0.2) is 0 Å². The van der Waals surface area contributed by atoms with Crippen LogP contribution in [0.4, 0.5) is 13.2 Å². The summed E-state index contributed by atoms with van der Waals surface area (Å²) in [5, 5.41) is 0. The zero-order chi connectivity index (χ0) is 18.7. The lowest BCUT2D eigenvalue weighted by molar-refractivity contribution is -0.559. The van der Waals surface area contributed by atoms with E-state index in [0.29, 0.717) is 18.8 Å². The lowest BCUT2D eigenvalue weighted by atomic mass is 9.57. The molecule has 26 heavy (non-hydrogen) atoms. The molecule has 5 aliphatic rings. The number of halogens is 3. The maximum atomic E-state index is 12.6. The van der Waals surface area contributed by atoms with Crippen LogP contribution in [0.1, 0.15) is 58.8 Å². The molecule has 0 amide bonds. The Bertz CT molecular complexity index is 582. The third kappa shape index (κ3) is 2.85. The van der Waals surface area contributed by atoms with Crippen molar-refractivity contribution in [2.75, 3.05) is 0 Å². The second-order valence-corrected chi connectivity index (χ2v) is 8.46. The highest BCUT2D eigenvalue weighted by atomic mass is 19.4. The van der Waals surface area contributed by atoms with Gasteiger partial charge in [-0.05, 0) is 44.9 Å². The topological polar surface area (TPSA) is 54.0 Å². The van der Waals surface area contributed by atoms with E-state index in [1.54, 1.807) is 6.92 Å². The number of esters is 1. The van der Waals surface area contributed by atoms with E-state index in [4.69, 9.17) is 19.2 Å². The molecule has 0 aromatic carbocycles. The molecular formula is C18H25F3O5. The summed E-state index contributed by atoms with van der Waals surface area (Å²) >= 11 is 0. The van der Waals surface area contributed by atoms with Crippen molar-refractivity contribution in [2.24, 2.45) is 23.7 Å². The Morgan fingerprint density at radius 2 is 1.92 bits per heavy atom. The monoisotopic (exact) mass is 378 g/mol. The largest absolute Gasteiger partial charge is 0.432 e. The molecule has 8 heteroatoms. The summed E-state index contributed by atoms with van der Waals surface area (Å²) in [6, 6.07) is 0. The molecule has 1 aliphatic carbocycles. The third-order valence-corrected chi connectivity index (χ3v) is 6.76. The number of fused-ring (bicyclic) bond motifs is 2. The quantitative estimate of drug-likeness (QED) is 0.547. The summed E-state index contributed by atoms with van der Waals surface area (Å²) in [6.45, 7) is 3.91. The maximum Gasteiger partial charge on any atom is 0.389 e. The number of hydrogen-bond acceptors (Lipinski definition) is 5. The van der Waals surface area contributed by atoms with Crippen molar-refractivity contribution >= 4 is 5.97 Å². The van der Waals surface area contributed by atoms with Gasteiger partial charge >= 0.3 is 12.1 Å². The first-order chi connectivity index (χ1) is 12.1. The molecule has 148 valence electrons. The number of ether oxygens (including phenoxy) is 2. The van der Waals surface area contributed by atoms with Crippen LogP contribution in [0.2, 0.25) is 0 Å². The van der Waals surface area contributed by atoms with E-state index in [-0.39, 0.29) is 24.7 Å². The molecule has 2 bridgehead atoms. The summed E-state index contributed by atoms with van der Waals surface area (Å²) in [5.74, 6) is -1.85. The lowest BCUT2D eigenvalue weighted by Gasteiger charge is -2.58. The standard InChI is InChI=1S/C18H25F3O5/c1-10-5-6-13-11(4-3-8-17(19,20)21)14(22)23-15-18(13)12(10)7-9-16(2,24-15)25-26-18/h10-13,15H,3-9H2,1-2H3/t10-,11-,12?,13+,15-,16-,18-/m1/s1. The Balaban J connectivity index is 1.63. The zero-order valence-corrected chi connectivity index (χ0v) is 15.0. The van der Waals surface area contributed by atoms with Gasteiger partial charge in [0, 0.05) is 24.7 Å². The molecule has 5 rings (SSSR count). The Hall–Kier alpha value is -0.860. The van der Waals surface area contributed by atoms with E-state index in [2.05, 4.69) is 6.92 Å². The molecule has 0 aromatic heterocycles. The second-order valence-electron chi connectivity index (χ2n) is 8.46. The van der Waals surface area contributed by atoms with Crippen molar-refractivity contribution in [1.29, 1.82) is 0 Å². The Labute approximate surface area is 150 Å². The average Bonchev–Trinajstić information content (AvgIpc) is 2.76. The predicted octanol–water partition coefficient (Wildman–Crippen LogP) is 4.11. The van der Waals surface area contributed by atoms with Crippen LogP contribution >= 0.6 is 0 Å². The predicted molar refractivity (Wildman–Crippen MR) is 82.3 cm³/mol. The zero-order valence-electron chi connectivity index (χ0n) is 15.0. The molecule has 4 aliphatic heterocycles. The van der Waals surface area contributed by atoms with E-state index in [1.807, 2.05) is 0 Å². The van der Waals surface area contributed by atoms with E-state index >= 15 is 0 Å². The fraction of sp³-hybridized carbons (Fsp3) is 0.944. The van der Waals surface area contributed by atoms with Gasteiger partial charge in [0.2, 0.25) is 12.1 Å². The molecule has 5 nitrogen and oxygen atoms in total. The number of carbonyl (C=O) groups is 1. The van der Waals surface area contributed by atoms with Crippen LogP contribution in [0.3, 0.4) is 0 Å². The highest BCUT2D eigenvalue weighted by Crippen LogP contribution is 2.60. The van der Waals surface area contributed by atoms with Crippen LogP contribution in [-0.4, -0.2) is 29.8 Å². The van der Waals surface area contributed by atoms with E-state index in [0.717, 1.165) is 12.8 Å². The SMILES string of the molecule is C[C@@H]1CC[C@H]2[C@@H](CCCC(F)(F)F)C(=O)O[C@@H]3O[C@@]4(C)CCC1[C@]32OO4. The van der Waals surface area contributed by atoms with Gasteiger partial charge in [0.1, 0.15) is 0 Å². The summed E-state index contributed by atoms with van der Waals surface area (Å²) in [4.78, 5) is 24.1. The average molecular weight is 378 g/mol.